The highest BCUT2D eigenvalue weighted by Gasteiger charge is 1.97. The molecule has 0 bridgehead atoms. The van der Waals surface area contributed by atoms with E-state index in [4.69, 9.17) is 0 Å². The first kappa shape index (κ1) is 11.8. The summed E-state index contributed by atoms with van der Waals surface area (Å²) in [4.78, 5) is 11.0. The highest BCUT2D eigenvalue weighted by atomic mass is 16.2. The summed E-state index contributed by atoms with van der Waals surface area (Å²) in [6, 6.07) is -0.195. The van der Waals surface area contributed by atoms with Crippen LogP contribution in [-0.4, -0.2) is 12.6 Å². The Labute approximate surface area is 79.9 Å². The van der Waals surface area contributed by atoms with Gasteiger partial charge in [-0.25, -0.2) is 4.79 Å². The van der Waals surface area contributed by atoms with E-state index in [9.17, 15) is 4.79 Å². The van der Waals surface area contributed by atoms with Crippen LogP contribution in [0.1, 0.15) is 20.8 Å². The van der Waals surface area contributed by atoms with Crippen molar-refractivity contribution in [2.45, 2.75) is 20.8 Å². The molecule has 2 N–H and O–H groups in total. The van der Waals surface area contributed by atoms with Crippen molar-refractivity contribution in [3.05, 3.63) is 24.4 Å². The first-order valence-electron chi connectivity index (χ1n) is 4.39. The van der Waals surface area contributed by atoms with E-state index in [1.165, 1.54) is 0 Å². The van der Waals surface area contributed by atoms with E-state index in [0.717, 1.165) is 5.57 Å². The van der Waals surface area contributed by atoms with E-state index in [-0.39, 0.29) is 6.03 Å². The predicted molar refractivity (Wildman–Crippen MR) is 55.3 cm³/mol. The zero-order chi connectivity index (χ0) is 10.3. The van der Waals surface area contributed by atoms with Gasteiger partial charge in [0, 0.05) is 12.7 Å². The summed E-state index contributed by atoms with van der Waals surface area (Å²) in [5, 5.41) is 5.25. The Bertz CT molecular complexity index is 207. The first-order chi connectivity index (χ1) is 6.07. The Morgan fingerprint density at radius 1 is 1.54 bits per heavy atom. The van der Waals surface area contributed by atoms with Crippen molar-refractivity contribution in [2.75, 3.05) is 6.54 Å². The second-order valence-electron chi connectivity index (χ2n) is 3.19. The summed E-state index contributed by atoms with van der Waals surface area (Å²) in [5.74, 6) is 0.458. The number of hydrogen-bond donors (Lipinski definition) is 2. The van der Waals surface area contributed by atoms with Gasteiger partial charge in [-0.2, -0.15) is 0 Å². The fourth-order valence-electron chi connectivity index (χ4n) is 0.562. The number of carbonyl (C=O) groups excluding carboxylic acids is 1. The van der Waals surface area contributed by atoms with E-state index >= 15 is 0 Å². The van der Waals surface area contributed by atoms with E-state index in [2.05, 4.69) is 31.1 Å². The van der Waals surface area contributed by atoms with Gasteiger partial charge in [0.05, 0.1) is 0 Å². The summed E-state index contributed by atoms with van der Waals surface area (Å²) < 4.78 is 0. The minimum Gasteiger partial charge on any atom is -0.334 e. The van der Waals surface area contributed by atoms with Crippen LogP contribution in [0.25, 0.3) is 0 Å². The monoisotopic (exact) mass is 182 g/mol. The molecule has 2 amide bonds. The Morgan fingerprint density at radius 2 is 2.15 bits per heavy atom. The molecular formula is C10H18N2O. The lowest BCUT2D eigenvalue weighted by molar-refractivity contribution is 0.245. The van der Waals surface area contributed by atoms with E-state index in [0.29, 0.717) is 12.5 Å². The third kappa shape index (κ3) is 5.96. The molecule has 3 heteroatoms. The summed E-state index contributed by atoms with van der Waals surface area (Å²) in [5.41, 5.74) is 1.15. The maximum atomic E-state index is 11.0. The smallest absolute Gasteiger partial charge is 0.319 e. The van der Waals surface area contributed by atoms with Crippen LogP contribution in [-0.2, 0) is 0 Å². The van der Waals surface area contributed by atoms with Crippen molar-refractivity contribution in [2.24, 2.45) is 5.92 Å². The molecule has 0 unspecified atom stereocenters. The lowest BCUT2D eigenvalue weighted by Gasteiger charge is -2.06. The molecule has 0 aliphatic rings. The molecule has 0 saturated carbocycles. The standard InChI is InChI=1S/C10H18N2O/c1-5-6-11-10(13)12-7-9(4)8(2)3/h5,7-8H,1,6H2,2-4H3,(H2,11,12,13)/b9-7+. The first-order valence-corrected chi connectivity index (χ1v) is 4.39. The molecule has 0 rings (SSSR count). The topological polar surface area (TPSA) is 41.1 Å². The Kier molecular flexibility index (Phi) is 5.68. The summed E-state index contributed by atoms with van der Waals surface area (Å²) in [6.07, 6.45) is 3.36. The lowest BCUT2D eigenvalue weighted by atomic mass is 10.1. The molecule has 74 valence electrons. The molecule has 0 aromatic carbocycles. The molecule has 0 radical (unpaired) electrons. The minimum atomic E-state index is -0.195. The highest BCUT2D eigenvalue weighted by Crippen LogP contribution is 2.05. The van der Waals surface area contributed by atoms with Crippen molar-refractivity contribution in [1.82, 2.24) is 10.6 Å². The molecule has 13 heavy (non-hydrogen) atoms. The molecule has 0 spiro atoms. The van der Waals surface area contributed by atoms with Gasteiger partial charge < -0.3 is 10.6 Å². The lowest BCUT2D eigenvalue weighted by Crippen LogP contribution is -2.32. The molecule has 0 fully saturated rings. The van der Waals surface area contributed by atoms with Gasteiger partial charge in [0.2, 0.25) is 0 Å². The average molecular weight is 182 g/mol. The molecule has 0 saturated heterocycles. The molecule has 0 aromatic heterocycles. The fourth-order valence-corrected chi connectivity index (χ4v) is 0.562. The molecular weight excluding hydrogens is 164 g/mol. The van der Waals surface area contributed by atoms with Gasteiger partial charge in [-0.05, 0) is 12.8 Å². The van der Waals surface area contributed by atoms with Crippen LogP contribution in [0.5, 0.6) is 0 Å². The maximum absolute atomic E-state index is 11.0. The molecule has 0 aliphatic heterocycles. The van der Waals surface area contributed by atoms with Crippen molar-refractivity contribution in [3.8, 4) is 0 Å². The summed E-state index contributed by atoms with van der Waals surface area (Å²) in [7, 11) is 0. The Hall–Kier alpha value is -1.25. The van der Waals surface area contributed by atoms with Gasteiger partial charge in [-0.15, -0.1) is 6.58 Å². The summed E-state index contributed by atoms with van der Waals surface area (Å²) >= 11 is 0. The number of nitrogens with one attached hydrogen (secondary N) is 2. The molecule has 0 aromatic rings. The van der Waals surface area contributed by atoms with Crippen LogP contribution >= 0.6 is 0 Å². The van der Waals surface area contributed by atoms with Crippen molar-refractivity contribution >= 4 is 6.03 Å². The number of amides is 2. The van der Waals surface area contributed by atoms with Gasteiger partial charge in [0.25, 0.3) is 0 Å². The molecule has 0 heterocycles. The van der Waals surface area contributed by atoms with Crippen molar-refractivity contribution in [3.63, 3.8) is 0 Å². The van der Waals surface area contributed by atoms with E-state index in [1.54, 1.807) is 12.3 Å². The Morgan fingerprint density at radius 3 is 2.62 bits per heavy atom. The minimum absolute atomic E-state index is 0.195. The number of urea groups is 1. The SMILES string of the molecule is C=CCNC(=O)N/C=C(\C)C(C)C. The van der Waals surface area contributed by atoms with Crippen molar-refractivity contribution < 1.29 is 4.79 Å². The third-order valence-electron chi connectivity index (χ3n) is 1.75. The van der Waals surface area contributed by atoms with Crippen LogP contribution in [0.2, 0.25) is 0 Å². The molecule has 0 aliphatic carbocycles. The normalized spacial score (nSPS) is 11.2. The third-order valence-corrected chi connectivity index (χ3v) is 1.75. The van der Waals surface area contributed by atoms with Gasteiger partial charge >= 0.3 is 6.03 Å². The van der Waals surface area contributed by atoms with Gasteiger partial charge in [0.1, 0.15) is 0 Å². The van der Waals surface area contributed by atoms with Gasteiger partial charge in [0.15, 0.2) is 0 Å². The van der Waals surface area contributed by atoms with Gasteiger partial charge in [-0.1, -0.05) is 25.5 Å². The quantitative estimate of drug-likeness (QED) is 0.642. The largest absolute Gasteiger partial charge is 0.334 e. The number of carbonyl (C=O) groups is 1. The molecule has 0 atom stereocenters. The second kappa shape index (κ2) is 6.29. The zero-order valence-corrected chi connectivity index (χ0v) is 8.55. The van der Waals surface area contributed by atoms with Crippen LogP contribution in [0.3, 0.4) is 0 Å². The van der Waals surface area contributed by atoms with E-state index < -0.39 is 0 Å². The summed E-state index contributed by atoms with van der Waals surface area (Å²) in [6.45, 7) is 10.1. The predicted octanol–water partition coefficient (Wildman–Crippen LogP) is 2.03. The maximum Gasteiger partial charge on any atom is 0.319 e. The van der Waals surface area contributed by atoms with Gasteiger partial charge in [-0.3, -0.25) is 0 Å². The van der Waals surface area contributed by atoms with E-state index in [1.807, 2.05) is 6.92 Å². The molecule has 3 nitrogen and oxygen atoms in total. The highest BCUT2D eigenvalue weighted by molar-refractivity contribution is 5.75. The van der Waals surface area contributed by atoms with Crippen LogP contribution < -0.4 is 10.6 Å². The second-order valence-corrected chi connectivity index (χ2v) is 3.19. The Balaban J connectivity index is 3.80. The average Bonchev–Trinajstić information content (AvgIpc) is 2.10. The van der Waals surface area contributed by atoms with Crippen LogP contribution in [0.15, 0.2) is 24.4 Å². The zero-order valence-electron chi connectivity index (χ0n) is 8.55. The van der Waals surface area contributed by atoms with Crippen LogP contribution in [0.4, 0.5) is 4.79 Å². The number of allylic oxidation sites excluding steroid dienone is 1. The van der Waals surface area contributed by atoms with Crippen LogP contribution in [0, 0.1) is 5.92 Å². The van der Waals surface area contributed by atoms with Crippen molar-refractivity contribution in [1.29, 1.82) is 0 Å². The number of rotatable bonds is 4. The fraction of sp³-hybridized carbons (Fsp3) is 0.500. The number of hydrogen-bond acceptors (Lipinski definition) is 1.